The van der Waals surface area contributed by atoms with Crippen LogP contribution in [0, 0.1) is 0 Å². The van der Waals surface area contributed by atoms with E-state index in [1.54, 1.807) is 58.2 Å². The molecule has 1 aromatic heterocycles. The number of hydrogen-bond acceptors (Lipinski definition) is 5. The number of rotatable bonds is 6. The molecule has 226 valence electrons. The molecule has 1 N–H and O–H groups in total. The molecule has 1 aliphatic rings. The van der Waals surface area contributed by atoms with Crippen molar-refractivity contribution >= 4 is 34.6 Å². The van der Waals surface area contributed by atoms with Crippen molar-refractivity contribution in [2.24, 2.45) is 0 Å². The minimum absolute atomic E-state index is 0.0285. The third-order valence-corrected chi connectivity index (χ3v) is 7.41. The van der Waals surface area contributed by atoms with E-state index >= 15 is 0 Å². The molecule has 1 saturated heterocycles. The minimum atomic E-state index is -2.72. The van der Waals surface area contributed by atoms with Crippen LogP contribution in [-0.4, -0.2) is 48.6 Å². The van der Waals surface area contributed by atoms with Crippen molar-refractivity contribution in [3.8, 4) is 28.0 Å². The van der Waals surface area contributed by atoms with Crippen LogP contribution in [0.15, 0.2) is 65.1 Å². The molecule has 0 atom stereocenters. The van der Waals surface area contributed by atoms with Crippen molar-refractivity contribution < 1.29 is 32.3 Å². The van der Waals surface area contributed by atoms with Gasteiger partial charge in [-0.3, -0.25) is 4.79 Å². The minimum Gasteiger partial charge on any atom is -0.496 e. The molecule has 2 amide bonds. The van der Waals surface area contributed by atoms with Crippen molar-refractivity contribution in [1.29, 1.82) is 0 Å². The van der Waals surface area contributed by atoms with Crippen molar-refractivity contribution in [2.45, 2.75) is 51.7 Å². The zero-order valence-electron chi connectivity index (χ0n) is 24.4. The molecule has 7 nitrogen and oxygen atoms in total. The number of carbonyl (C=O) groups is 2. The van der Waals surface area contributed by atoms with E-state index in [9.17, 15) is 18.4 Å². The highest BCUT2D eigenvalue weighted by Crippen LogP contribution is 2.41. The van der Waals surface area contributed by atoms with Gasteiger partial charge in [0, 0.05) is 53.0 Å². The fraction of sp³-hybridized carbons (Fsp3) is 0.333. The summed E-state index contributed by atoms with van der Waals surface area (Å²) in [5.41, 5.74) is 3.51. The lowest BCUT2D eigenvalue weighted by atomic mass is 9.95. The van der Waals surface area contributed by atoms with Gasteiger partial charge in [0.15, 0.2) is 0 Å². The molecular formula is C33H33ClF2N2O5. The van der Waals surface area contributed by atoms with Gasteiger partial charge in [0.1, 0.15) is 22.7 Å². The lowest BCUT2D eigenvalue weighted by Gasteiger charge is -2.31. The molecule has 4 aromatic rings. The molecule has 43 heavy (non-hydrogen) atoms. The van der Waals surface area contributed by atoms with Crippen molar-refractivity contribution in [2.75, 3.05) is 20.2 Å². The lowest BCUT2D eigenvalue weighted by Crippen LogP contribution is -2.42. The third kappa shape index (κ3) is 7.10. The molecule has 0 unspecified atom stereocenters. The Balaban J connectivity index is 1.49. The van der Waals surface area contributed by atoms with Crippen LogP contribution in [-0.2, 0) is 11.3 Å². The second kappa shape index (κ2) is 11.9. The van der Waals surface area contributed by atoms with E-state index in [0.717, 1.165) is 27.6 Å². The number of furan rings is 1. The average molecular weight is 611 g/mol. The van der Waals surface area contributed by atoms with Gasteiger partial charge < -0.3 is 24.1 Å². The summed E-state index contributed by atoms with van der Waals surface area (Å²) < 4.78 is 44.3. The van der Waals surface area contributed by atoms with Gasteiger partial charge in [0.2, 0.25) is 0 Å². The molecule has 5 rings (SSSR count). The topological polar surface area (TPSA) is 81.0 Å². The molecule has 0 aliphatic carbocycles. The van der Waals surface area contributed by atoms with Gasteiger partial charge in [-0.05, 0) is 80.4 Å². The van der Waals surface area contributed by atoms with Gasteiger partial charge in [-0.2, -0.15) is 0 Å². The number of carbonyl (C=O) groups excluding carboxylic acids is 2. The van der Waals surface area contributed by atoms with Crippen LogP contribution in [0.2, 0.25) is 5.02 Å². The van der Waals surface area contributed by atoms with Crippen LogP contribution in [0.4, 0.5) is 13.6 Å². The number of ether oxygens (including phenoxy) is 2. The molecular weight excluding hydrogens is 578 g/mol. The average Bonchev–Trinajstić information content (AvgIpc) is 3.37. The number of nitrogens with zero attached hydrogens (tertiary/aromatic N) is 1. The summed E-state index contributed by atoms with van der Waals surface area (Å²) in [6, 6.07) is 18.1. The normalized spacial score (nSPS) is 14.9. The molecule has 0 bridgehead atoms. The number of alkyl carbamates (subject to hydrolysis) is 1. The SMILES string of the molecule is COc1ccc(Cl)cc1-c1cc(-c2ccc(C(=O)N3CCC(F)(F)CC3)cc2)cc2cc(CNC(=O)OC(C)(C)C)oc12. The molecule has 0 spiro atoms. The quantitative estimate of drug-likeness (QED) is 0.237. The summed E-state index contributed by atoms with van der Waals surface area (Å²) in [4.78, 5) is 26.7. The van der Waals surface area contributed by atoms with Gasteiger partial charge in [-0.15, -0.1) is 0 Å². The highest BCUT2D eigenvalue weighted by molar-refractivity contribution is 6.31. The molecule has 1 aliphatic heterocycles. The van der Waals surface area contributed by atoms with E-state index in [-0.39, 0.29) is 38.4 Å². The largest absolute Gasteiger partial charge is 0.496 e. The monoisotopic (exact) mass is 610 g/mol. The van der Waals surface area contributed by atoms with E-state index in [0.29, 0.717) is 27.7 Å². The highest BCUT2D eigenvalue weighted by Gasteiger charge is 2.35. The summed E-state index contributed by atoms with van der Waals surface area (Å²) in [6.45, 7) is 5.54. The number of nitrogens with one attached hydrogen (secondary N) is 1. The van der Waals surface area contributed by atoms with E-state index in [1.165, 1.54) is 4.90 Å². The zero-order chi connectivity index (χ0) is 30.9. The van der Waals surface area contributed by atoms with Crippen LogP contribution in [0.5, 0.6) is 5.75 Å². The zero-order valence-corrected chi connectivity index (χ0v) is 25.2. The summed E-state index contributed by atoms with van der Waals surface area (Å²) >= 11 is 6.38. The molecule has 3 aromatic carbocycles. The second-order valence-electron chi connectivity index (χ2n) is 11.6. The van der Waals surface area contributed by atoms with Crippen LogP contribution in [0.3, 0.4) is 0 Å². The van der Waals surface area contributed by atoms with Crippen molar-refractivity contribution in [3.63, 3.8) is 0 Å². The van der Waals surface area contributed by atoms with Gasteiger partial charge in [0.25, 0.3) is 11.8 Å². The van der Waals surface area contributed by atoms with E-state index < -0.39 is 17.6 Å². The summed E-state index contributed by atoms with van der Waals surface area (Å²) in [6.07, 6.45) is -1.21. The predicted octanol–water partition coefficient (Wildman–Crippen LogP) is 8.32. The Morgan fingerprint density at radius 3 is 2.33 bits per heavy atom. The highest BCUT2D eigenvalue weighted by atomic mass is 35.5. The number of alkyl halides is 2. The molecule has 0 saturated carbocycles. The summed E-state index contributed by atoms with van der Waals surface area (Å²) in [7, 11) is 1.57. The lowest BCUT2D eigenvalue weighted by molar-refractivity contribution is -0.0494. The Morgan fingerprint density at radius 2 is 1.67 bits per heavy atom. The Labute approximate surface area is 253 Å². The van der Waals surface area contributed by atoms with Gasteiger partial charge >= 0.3 is 6.09 Å². The number of amides is 2. The van der Waals surface area contributed by atoms with E-state index in [1.807, 2.05) is 30.3 Å². The van der Waals surface area contributed by atoms with Gasteiger partial charge in [0.05, 0.1) is 13.7 Å². The Kier molecular flexibility index (Phi) is 8.38. The first-order valence-corrected chi connectivity index (χ1v) is 14.3. The van der Waals surface area contributed by atoms with Crippen LogP contribution in [0.1, 0.15) is 49.7 Å². The maximum absolute atomic E-state index is 13.6. The number of halogens is 3. The fourth-order valence-electron chi connectivity index (χ4n) is 5.05. The van der Waals surface area contributed by atoms with E-state index in [4.69, 9.17) is 25.5 Å². The van der Waals surface area contributed by atoms with E-state index in [2.05, 4.69) is 5.32 Å². The standard InChI is InChI=1S/C33H33ClF2N2O5/c1-32(2,3)43-31(40)37-19-25-16-23-15-22(17-27(29(23)42-25)26-18-24(34)9-10-28(26)41-4)20-5-7-21(8-6-20)30(39)38-13-11-33(35,36)12-14-38/h5-10,15-18H,11-14,19H2,1-4H3,(H,37,40). The summed E-state index contributed by atoms with van der Waals surface area (Å²) in [5.74, 6) is -1.87. The first-order chi connectivity index (χ1) is 20.3. The van der Waals surface area contributed by atoms with Crippen LogP contribution in [0.25, 0.3) is 33.2 Å². The second-order valence-corrected chi connectivity index (χ2v) is 12.0. The van der Waals surface area contributed by atoms with Crippen LogP contribution < -0.4 is 10.1 Å². The summed E-state index contributed by atoms with van der Waals surface area (Å²) in [5, 5.41) is 4.03. The maximum atomic E-state index is 13.6. The molecule has 2 heterocycles. The molecule has 1 fully saturated rings. The van der Waals surface area contributed by atoms with Crippen LogP contribution >= 0.6 is 11.6 Å². The third-order valence-electron chi connectivity index (χ3n) is 7.17. The van der Waals surface area contributed by atoms with Crippen molar-refractivity contribution in [3.05, 3.63) is 77.0 Å². The number of piperidine rings is 1. The van der Waals surface area contributed by atoms with Crippen molar-refractivity contribution in [1.82, 2.24) is 10.2 Å². The predicted molar refractivity (Wildman–Crippen MR) is 162 cm³/mol. The van der Waals surface area contributed by atoms with Gasteiger partial charge in [-0.25, -0.2) is 13.6 Å². The Hall–Kier alpha value is -4.11. The fourth-order valence-corrected chi connectivity index (χ4v) is 5.22. The Morgan fingerprint density at radius 1 is 0.977 bits per heavy atom. The first kappa shape index (κ1) is 30.4. The number of methoxy groups -OCH3 is 1. The smallest absolute Gasteiger partial charge is 0.408 e. The number of hydrogen-bond donors (Lipinski definition) is 1. The number of fused-ring (bicyclic) bond motifs is 1. The Bertz CT molecular complexity index is 1650. The van der Waals surface area contributed by atoms with Gasteiger partial charge in [-0.1, -0.05) is 23.7 Å². The first-order valence-electron chi connectivity index (χ1n) is 14.0. The number of benzene rings is 3. The maximum Gasteiger partial charge on any atom is 0.408 e. The molecule has 10 heteroatoms. The molecule has 0 radical (unpaired) electrons. The number of likely N-dealkylation sites (tertiary alicyclic amines) is 1.